The molecule has 4 saturated carbocycles. The molecule has 8 atom stereocenters. The summed E-state index contributed by atoms with van der Waals surface area (Å²) in [5.74, 6) is 3.33. The van der Waals surface area contributed by atoms with E-state index in [-0.39, 0.29) is 11.0 Å². The molecular weight excluding hydrogens is 392 g/mol. The number of Topliss-reactive ketones (excluding diaryl/α,β-unsaturated/α-hetero) is 1. The van der Waals surface area contributed by atoms with Crippen LogP contribution in [-0.2, 0) is 9.53 Å². The Bertz CT molecular complexity index is 823. The number of allylic oxidation sites excluding steroid dienone is 1. The maximum absolute atomic E-state index is 12.9. The van der Waals surface area contributed by atoms with Crippen molar-refractivity contribution in [2.24, 2.45) is 45.3 Å². The summed E-state index contributed by atoms with van der Waals surface area (Å²) < 4.78 is 5.85. The SMILES string of the molecule is C=C(CC[C@@H]1OC1(C)C)[C@H]1CC[C@]2(C)[C@@H]1CC[C@@H]1[C@@]3(C)CCC(=O)C(C)(C)C3CC[C@]12C. The van der Waals surface area contributed by atoms with Gasteiger partial charge < -0.3 is 4.74 Å². The first-order chi connectivity index (χ1) is 14.8. The number of carbonyl (C=O) groups excluding carboxylic acids is 1. The number of rotatable bonds is 4. The Morgan fingerprint density at radius 2 is 1.56 bits per heavy atom. The molecule has 0 N–H and O–H groups in total. The normalized spacial score (nSPS) is 50.8. The Labute approximate surface area is 197 Å². The van der Waals surface area contributed by atoms with E-state index in [4.69, 9.17) is 4.74 Å². The van der Waals surface area contributed by atoms with Crippen molar-refractivity contribution in [2.45, 2.75) is 124 Å². The number of ketones is 1. The van der Waals surface area contributed by atoms with E-state index in [1.165, 1.54) is 44.1 Å². The summed E-state index contributed by atoms with van der Waals surface area (Å²) in [7, 11) is 0. The molecule has 1 aliphatic heterocycles. The second kappa shape index (κ2) is 6.96. The van der Waals surface area contributed by atoms with Gasteiger partial charge in [-0.3, -0.25) is 4.79 Å². The Morgan fingerprint density at radius 3 is 2.22 bits per heavy atom. The third-order valence-corrected chi connectivity index (χ3v) is 12.6. The standard InChI is InChI=1S/C30H48O2/c1-19(9-12-25-27(4,5)32-25)20-13-17-29(7)21(20)10-11-23-28(6)16-15-24(31)26(2,3)22(28)14-18-30(23,29)8/h20-23,25H,1,9-18H2,2-8H3/t20-,21-,22?,23-,25+,28+,29-,30-/m1/s1. The van der Waals surface area contributed by atoms with Crippen molar-refractivity contribution in [1.82, 2.24) is 0 Å². The van der Waals surface area contributed by atoms with E-state index in [1.54, 1.807) is 0 Å². The zero-order valence-electron chi connectivity index (χ0n) is 22.0. The molecule has 1 heterocycles. The summed E-state index contributed by atoms with van der Waals surface area (Å²) >= 11 is 0. The van der Waals surface area contributed by atoms with E-state index < -0.39 is 0 Å². The highest BCUT2D eigenvalue weighted by Gasteiger charge is 2.68. The van der Waals surface area contributed by atoms with E-state index in [1.807, 2.05) is 0 Å². The molecule has 0 bridgehead atoms. The fraction of sp³-hybridized carbons (Fsp3) is 0.900. The third kappa shape index (κ3) is 2.96. The maximum atomic E-state index is 12.9. The highest BCUT2D eigenvalue weighted by Crippen LogP contribution is 2.75. The van der Waals surface area contributed by atoms with Crippen LogP contribution in [0.3, 0.4) is 0 Å². The molecule has 0 aromatic carbocycles. The van der Waals surface area contributed by atoms with Crippen LogP contribution < -0.4 is 0 Å². The number of carbonyl (C=O) groups is 1. The van der Waals surface area contributed by atoms with Crippen LogP contribution in [0.15, 0.2) is 12.2 Å². The molecule has 0 aromatic rings. The molecule has 5 fully saturated rings. The van der Waals surface area contributed by atoms with Gasteiger partial charge in [0.25, 0.3) is 0 Å². The van der Waals surface area contributed by atoms with Crippen molar-refractivity contribution in [1.29, 1.82) is 0 Å². The molecule has 2 heteroatoms. The maximum Gasteiger partial charge on any atom is 0.138 e. The molecule has 0 amide bonds. The summed E-state index contributed by atoms with van der Waals surface area (Å²) in [6.07, 6.45) is 12.6. The third-order valence-electron chi connectivity index (χ3n) is 12.6. The van der Waals surface area contributed by atoms with Crippen LogP contribution in [0, 0.1) is 45.3 Å². The smallest absolute Gasteiger partial charge is 0.138 e. The first kappa shape index (κ1) is 23.1. The first-order valence-electron chi connectivity index (χ1n) is 13.7. The lowest BCUT2D eigenvalue weighted by Crippen LogP contribution is -2.63. The number of epoxide rings is 1. The van der Waals surface area contributed by atoms with Gasteiger partial charge in [-0.05, 0) is 112 Å². The molecule has 0 radical (unpaired) electrons. The molecule has 0 spiro atoms. The fourth-order valence-corrected chi connectivity index (χ4v) is 10.3. The minimum absolute atomic E-state index is 0.0965. The lowest BCUT2D eigenvalue weighted by Gasteiger charge is -2.69. The Hall–Kier alpha value is -0.630. The Kier molecular flexibility index (Phi) is 5.03. The van der Waals surface area contributed by atoms with E-state index in [0.717, 1.165) is 37.5 Å². The zero-order chi connectivity index (χ0) is 23.3. The summed E-state index contributed by atoms with van der Waals surface area (Å²) in [6, 6.07) is 0. The van der Waals surface area contributed by atoms with Gasteiger partial charge in [-0.25, -0.2) is 0 Å². The topological polar surface area (TPSA) is 29.6 Å². The second-order valence-electron chi connectivity index (χ2n) is 14.4. The summed E-state index contributed by atoms with van der Waals surface area (Å²) in [6.45, 7) is 21.5. The van der Waals surface area contributed by atoms with Crippen LogP contribution in [0.25, 0.3) is 0 Å². The van der Waals surface area contributed by atoms with Crippen molar-refractivity contribution < 1.29 is 9.53 Å². The highest BCUT2D eigenvalue weighted by molar-refractivity contribution is 5.85. The van der Waals surface area contributed by atoms with Gasteiger partial charge in [0.1, 0.15) is 5.78 Å². The van der Waals surface area contributed by atoms with Crippen molar-refractivity contribution in [3.05, 3.63) is 12.2 Å². The molecule has 2 nitrogen and oxygen atoms in total. The van der Waals surface area contributed by atoms with Crippen molar-refractivity contribution >= 4 is 5.78 Å². The molecule has 5 rings (SSSR count). The molecule has 1 saturated heterocycles. The minimum Gasteiger partial charge on any atom is -0.367 e. The molecule has 180 valence electrons. The van der Waals surface area contributed by atoms with Crippen molar-refractivity contribution in [3.63, 3.8) is 0 Å². The molecule has 4 aliphatic carbocycles. The molecule has 1 unspecified atom stereocenters. The van der Waals surface area contributed by atoms with E-state index in [2.05, 4.69) is 55.0 Å². The minimum atomic E-state index is -0.142. The number of hydrogen-bond acceptors (Lipinski definition) is 2. The van der Waals surface area contributed by atoms with Gasteiger partial charge in [0.2, 0.25) is 0 Å². The van der Waals surface area contributed by atoms with Gasteiger partial charge in [-0.1, -0.05) is 46.8 Å². The zero-order valence-corrected chi connectivity index (χ0v) is 22.0. The van der Waals surface area contributed by atoms with Crippen LogP contribution in [0.4, 0.5) is 0 Å². The van der Waals surface area contributed by atoms with Gasteiger partial charge in [0, 0.05) is 11.8 Å². The Morgan fingerprint density at radius 1 is 0.906 bits per heavy atom. The van der Waals surface area contributed by atoms with Crippen LogP contribution in [-0.4, -0.2) is 17.5 Å². The average molecular weight is 441 g/mol. The molecule has 0 aromatic heterocycles. The van der Waals surface area contributed by atoms with E-state index in [9.17, 15) is 4.79 Å². The van der Waals surface area contributed by atoms with E-state index >= 15 is 0 Å². The van der Waals surface area contributed by atoms with Gasteiger partial charge in [-0.2, -0.15) is 0 Å². The van der Waals surface area contributed by atoms with Crippen LogP contribution in [0.2, 0.25) is 0 Å². The largest absolute Gasteiger partial charge is 0.367 e. The fourth-order valence-electron chi connectivity index (χ4n) is 10.3. The average Bonchev–Trinajstić information content (AvgIpc) is 3.15. The van der Waals surface area contributed by atoms with E-state index in [0.29, 0.717) is 40.0 Å². The van der Waals surface area contributed by atoms with Gasteiger partial charge in [0.05, 0.1) is 11.7 Å². The lowest BCUT2D eigenvalue weighted by molar-refractivity contribution is -0.201. The van der Waals surface area contributed by atoms with Crippen molar-refractivity contribution in [3.8, 4) is 0 Å². The lowest BCUT2D eigenvalue weighted by atomic mass is 9.35. The second-order valence-corrected chi connectivity index (χ2v) is 14.4. The van der Waals surface area contributed by atoms with Crippen molar-refractivity contribution in [2.75, 3.05) is 0 Å². The number of fused-ring (bicyclic) bond motifs is 5. The van der Waals surface area contributed by atoms with Crippen LogP contribution >= 0.6 is 0 Å². The summed E-state index contributed by atoms with van der Waals surface area (Å²) in [5, 5.41) is 0. The number of hydrogen-bond donors (Lipinski definition) is 0. The Balaban J connectivity index is 1.37. The highest BCUT2D eigenvalue weighted by atomic mass is 16.6. The first-order valence-corrected chi connectivity index (χ1v) is 13.7. The van der Waals surface area contributed by atoms with Gasteiger partial charge in [-0.15, -0.1) is 0 Å². The van der Waals surface area contributed by atoms with Crippen LogP contribution in [0.1, 0.15) is 113 Å². The summed E-state index contributed by atoms with van der Waals surface area (Å²) in [4.78, 5) is 12.9. The quantitative estimate of drug-likeness (QED) is 0.330. The summed E-state index contributed by atoms with van der Waals surface area (Å²) in [5.41, 5.74) is 2.60. The number of ether oxygens (including phenoxy) is 1. The predicted octanol–water partition coefficient (Wildman–Crippen LogP) is 7.75. The monoisotopic (exact) mass is 440 g/mol. The molecular formula is C30H48O2. The predicted molar refractivity (Wildman–Crippen MR) is 131 cm³/mol. The molecule has 32 heavy (non-hydrogen) atoms. The van der Waals surface area contributed by atoms with Gasteiger partial charge >= 0.3 is 0 Å². The van der Waals surface area contributed by atoms with Crippen LogP contribution in [0.5, 0.6) is 0 Å². The molecule has 5 aliphatic rings. The van der Waals surface area contributed by atoms with Gasteiger partial charge in [0.15, 0.2) is 0 Å².